The number of rotatable bonds is 8. The second-order valence-corrected chi connectivity index (χ2v) is 5.89. The Labute approximate surface area is 140 Å². The Balaban J connectivity index is 1.86. The van der Waals surface area contributed by atoms with Crippen molar-refractivity contribution < 1.29 is 4.79 Å². The first-order valence-electron chi connectivity index (χ1n) is 7.49. The van der Waals surface area contributed by atoms with Gasteiger partial charge in [0.1, 0.15) is 0 Å². The molecule has 0 unspecified atom stereocenters. The van der Waals surface area contributed by atoms with Crippen molar-refractivity contribution in [2.45, 2.75) is 18.5 Å². The first kappa shape index (κ1) is 17.1. The monoisotopic (exact) mass is 331 g/mol. The number of H-pyrrole nitrogens is 1. The van der Waals surface area contributed by atoms with Gasteiger partial charge in [0.05, 0.1) is 5.75 Å². The lowest BCUT2D eigenvalue weighted by molar-refractivity contribution is -0.127. The quantitative estimate of drug-likeness (QED) is 0.725. The van der Waals surface area contributed by atoms with E-state index in [1.165, 1.54) is 11.8 Å². The van der Waals surface area contributed by atoms with E-state index >= 15 is 0 Å². The standard InChI is InChI=1S/C16H21N5OS/c1-2-10-21(11-6-9-13-7-4-3-5-8-13)14(22)12-23-16-18-15(17)19-20-16/h3-9H,2,10-12H2,1H3,(H3,17,18,19,20)/b9-6+. The Hall–Kier alpha value is -2.28. The molecule has 0 saturated carbocycles. The van der Waals surface area contributed by atoms with Gasteiger partial charge in [-0.2, -0.15) is 4.98 Å². The summed E-state index contributed by atoms with van der Waals surface area (Å²) in [5, 5.41) is 6.96. The van der Waals surface area contributed by atoms with Gasteiger partial charge in [0.15, 0.2) is 0 Å². The maximum atomic E-state index is 12.3. The molecule has 122 valence electrons. The Morgan fingerprint density at radius 2 is 2.17 bits per heavy atom. The van der Waals surface area contributed by atoms with Gasteiger partial charge >= 0.3 is 0 Å². The van der Waals surface area contributed by atoms with Crippen molar-refractivity contribution in [2.24, 2.45) is 0 Å². The first-order valence-corrected chi connectivity index (χ1v) is 8.47. The van der Waals surface area contributed by atoms with Crippen LogP contribution in [0.15, 0.2) is 41.6 Å². The van der Waals surface area contributed by atoms with Crippen molar-refractivity contribution in [1.29, 1.82) is 0 Å². The van der Waals surface area contributed by atoms with E-state index in [0.717, 1.165) is 18.5 Å². The fourth-order valence-electron chi connectivity index (χ4n) is 2.01. The predicted molar refractivity (Wildman–Crippen MR) is 93.9 cm³/mol. The Kier molecular flexibility index (Phi) is 6.68. The number of hydrogen-bond donors (Lipinski definition) is 2. The van der Waals surface area contributed by atoms with Gasteiger partial charge in [-0.1, -0.05) is 61.2 Å². The van der Waals surface area contributed by atoms with E-state index in [2.05, 4.69) is 22.1 Å². The normalized spacial score (nSPS) is 11.0. The molecule has 0 spiro atoms. The number of amides is 1. The van der Waals surface area contributed by atoms with E-state index in [1.807, 2.05) is 47.4 Å². The number of nitrogens with one attached hydrogen (secondary N) is 1. The van der Waals surface area contributed by atoms with Crippen LogP contribution in [0.5, 0.6) is 0 Å². The van der Waals surface area contributed by atoms with Crippen molar-refractivity contribution >= 4 is 29.7 Å². The molecular formula is C16H21N5OS. The molecule has 3 N–H and O–H groups in total. The lowest BCUT2D eigenvalue weighted by atomic mass is 10.2. The molecule has 6 nitrogen and oxygen atoms in total. The van der Waals surface area contributed by atoms with Gasteiger partial charge in [-0.05, 0) is 12.0 Å². The molecule has 0 fully saturated rings. The van der Waals surface area contributed by atoms with Crippen molar-refractivity contribution in [3.8, 4) is 0 Å². The number of hydrogen-bond acceptors (Lipinski definition) is 5. The molecule has 0 aliphatic carbocycles. The molecule has 0 radical (unpaired) electrons. The molecular weight excluding hydrogens is 310 g/mol. The van der Waals surface area contributed by atoms with Crippen LogP contribution in [-0.2, 0) is 4.79 Å². The predicted octanol–water partition coefficient (Wildman–Crippen LogP) is 2.43. The minimum Gasteiger partial charge on any atom is -0.368 e. The highest BCUT2D eigenvalue weighted by molar-refractivity contribution is 7.99. The van der Waals surface area contributed by atoms with Crippen LogP contribution in [0.25, 0.3) is 6.08 Å². The highest BCUT2D eigenvalue weighted by Crippen LogP contribution is 2.14. The number of nitrogens with two attached hydrogens (primary N) is 1. The zero-order chi connectivity index (χ0) is 16.5. The lowest BCUT2D eigenvalue weighted by Crippen LogP contribution is -2.33. The van der Waals surface area contributed by atoms with E-state index in [0.29, 0.717) is 17.5 Å². The van der Waals surface area contributed by atoms with E-state index in [9.17, 15) is 4.79 Å². The van der Waals surface area contributed by atoms with Crippen molar-refractivity contribution in [3.05, 3.63) is 42.0 Å². The molecule has 0 bridgehead atoms. The molecule has 23 heavy (non-hydrogen) atoms. The summed E-state index contributed by atoms with van der Waals surface area (Å²) in [4.78, 5) is 18.1. The molecule has 0 aliphatic rings. The van der Waals surface area contributed by atoms with E-state index < -0.39 is 0 Å². The summed E-state index contributed by atoms with van der Waals surface area (Å²) in [5.74, 6) is 0.630. The highest BCUT2D eigenvalue weighted by atomic mass is 32.2. The average Bonchev–Trinajstić information content (AvgIpc) is 2.98. The molecule has 0 aliphatic heterocycles. The number of nitrogen functional groups attached to an aromatic ring is 1. The third kappa shape index (κ3) is 5.78. The first-order chi connectivity index (χ1) is 11.2. The number of carbonyl (C=O) groups excluding carboxylic acids is 1. The summed E-state index contributed by atoms with van der Waals surface area (Å²) in [6.07, 6.45) is 4.96. The van der Waals surface area contributed by atoms with Crippen LogP contribution < -0.4 is 5.73 Å². The van der Waals surface area contributed by atoms with Crippen LogP contribution in [0.2, 0.25) is 0 Å². The van der Waals surface area contributed by atoms with Gasteiger partial charge in [0.25, 0.3) is 0 Å². The summed E-state index contributed by atoms with van der Waals surface area (Å²) >= 11 is 1.28. The number of thioether (sulfide) groups is 1. The molecule has 2 aromatic rings. The Bertz CT molecular complexity index is 641. The minimum absolute atomic E-state index is 0.0675. The van der Waals surface area contributed by atoms with Crippen LogP contribution in [-0.4, -0.2) is 44.8 Å². The number of carbonyl (C=O) groups is 1. The molecule has 7 heteroatoms. The van der Waals surface area contributed by atoms with Crippen LogP contribution >= 0.6 is 11.8 Å². The summed E-state index contributed by atoms with van der Waals surface area (Å²) in [6, 6.07) is 10.0. The maximum Gasteiger partial charge on any atom is 0.233 e. The van der Waals surface area contributed by atoms with Gasteiger partial charge in [-0.3, -0.25) is 4.79 Å². The zero-order valence-corrected chi connectivity index (χ0v) is 13.9. The fourth-order valence-corrected chi connectivity index (χ4v) is 2.72. The number of aromatic amines is 1. The van der Waals surface area contributed by atoms with Gasteiger partial charge in [-0.25, -0.2) is 5.10 Å². The molecule has 0 saturated heterocycles. The fraction of sp³-hybridized carbons (Fsp3) is 0.312. The van der Waals surface area contributed by atoms with Gasteiger partial charge in [0.2, 0.25) is 17.0 Å². The summed E-state index contributed by atoms with van der Waals surface area (Å²) in [7, 11) is 0. The highest BCUT2D eigenvalue weighted by Gasteiger charge is 2.13. The molecule has 1 heterocycles. The molecule has 1 aromatic carbocycles. The summed E-state index contributed by atoms with van der Waals surface area (Å²) in [5.41, 5.74) is 6.59. The minimum atomic E-state index is 0.0675. The molecule has 1 amide bonds. The smallest absolute Gasteiger partial charge is 0.233 e. The van der Waals surface area contributed by atoms with Gasteiger partial charge in [-0.15, -0.1) is 5.10 Å². The Morgan fingerprint density at radius 1 is 1.39 bits per heavy atom. The maximum absolute atomic E-state index is 12.3. The number of nitrogens with zero attached hydrogens (tertiary/aromatic N) is 3. The molecule has 1 aromatic heterocycles. The van der Waals surface area contributed by atoms with E-state index in [-0.39, 0.29) is 11.9 Å². The van der Waals surface area contributed by atoms with E-state index in [4.69, 9.17) is 5.73 Å². The van der Waals surface area contributed by atoms with Crippen LogP contribution in [0.3, 0.4) is 0 Å². The number of benzene rings is 1. The third-order valence-corrected chi connectivity index (χ3v) is 3.92. The largest absolute Gasteiger partial charge is 0.368 e. The second kappa shape index (κ2) is 8.99. The number of anilines is 1. The zero-order valence-electron chi connectivity index (χ0n) is 13.1. The SMILES string of the molecule is CCCN(C/C=C/c1ccccc1)C(=O)CSc1n[nH]c(N)n1. The van der Waals surface area contributed by atoms with Gasteiger partial charge in [0, 0.05) is 13.1 Å². The lowest BCUT2D eigenvalue weighted by Gasteiger charge is -2.20. The van der Waals surface area contributed by atoms with Gasteiger partial charge < -0.3 is 10.6 Å². The third-order valence-electron chi connectivity index (χ3n) is 3.09. The van der Waals surface area contributed by atoms with Crippen LogP contribution in [0, 0.1) is 0 Å². The summed E-state index contributed by atoms with van der Waals surface area (Å²) in [6.45, 7) is 3.39. The summed E-state index contributed by atoms with van der Waals surface area (Å²) < 4.78 is 0. The Morgan fingerprint density at radius 3 is 2.83 bits per heavy atom. The van der Waals surface area contributed by atoms with Crippen LogP contribution in [0.4, 0.5) is 5.95 Å². The average molecular weight is 331 g/mol. The van der Waals surface area contributed by atoms with Crippen LogP contribution in [0.1, 0.15) is 18.9 Å². The van der Waals surface area contributed by atoms with Crippen molar-refractivity contribution in [2.75, 3.05) is 24.6 Å². The van der Waals surface area contributed by atoms with Crippen molar-refractivity contribution in [1.82, 2.24) is 20.1 Å². The van der Waals surface area contributed by atoms with Crippen molar-refractivity contribution in [3.63, 3.8) is 0 Å². The molecule has 2 rings (SSSR count). The number of aromatic nitrogens is 3. The van der Waals surface area contributed by atoms with E-state index in [1.54, 1.807) is 0 Å². The second-order valence-electron chi connectivity index (χ2n) is 4.94. The topological polar surface area (TPSA) is 87.9 Å². The molecule has 0 atom stereocenters.